The summed E-state index contributed by atoms with van der Waals surface area (Å²) in [6.07, 6.45) is 7.67. The minimum atomic E-state index is -0.810. The zero-order valence-electron chi connectivity index (χ0n) is 19.4. The lowest BCUT2D eigenvalue weighted by Crippen LogP contribution is -2.29. The number of anilines is 1. The number of aliphatic hydroxyl groups is 2. The molecule has 0 radical (unpaired) electrons. The smallest absolute Gasteiger partial charge is 0.143 e. The van der Waals surface area contributed by atoms with Crippen LogP contribution >= 0.6 is 0 Å². The van der Waals surface area contributed by atoms with Crippen LogP contribution in [0.5, 0.6) is 0 Å². The maximum Gasteiger partial charge on any atom is 0.143 e. The molecule has 176 valence electrons. The van der Waals surface area contributed by atoms with E-state index >= 15 is 0 Å². The molecule has 3 N–H and O–H groups in total. The van der Waals surface area contributed by atoms with Gasteiger partial charge < -0.3 is 20.1 Å². The van der Waals surface area contributed by atoms with E-state index in [-0.39, 0.29) is 12.0 Å². The Morgan fingerprint density at radius 2 is 1.91 bits per heavy atom. The highest BCUT2D eigenvalue weighted by Crippen LogP contribution is 2.39. The Labute approximate surface area is 198 Å². The third kappa shape index (κ3) is 3.93. The van der Waals surface area contributed by atoms with Gasteiger partial charge in [0.2, 0.25) is 0 Å². The van der Waals surface area contributed by atoms with Gasteiger partial charge in [-0.15, -0.1) is 0 Å². The van der Waals surface area contributed by atoms with Crippen LogP contribution < -0.4 is 5.32 Å². The number of nitrogens with one attached hydrogen (secondary N) is 1. The van der Waals surface area contributed by atoms with Crippen molar-refractivity contribution in [3.8, 4) is 0 Å². The monoisotopic (exact) mass is 457 g/mol. The second-order valence-corrected chi connectivity index (χ2v) is 9.86. The molecule has 4 atom stereocenters. The Morgan fingerprint density at radius 3 is 2.74 bits per heavy atom. The summed E-state index contributed by atoms with van der Waals surface area (Å²) in [7, 11) is 0. The Balaban J connectivity index is 1.18. The molecular formula is C27H31N5O2. The molecule has 2 saturated carbocycles. The van der Waals surface area contributed by atoms with Gasteiger partial charge in [0, 0.05) is 23.0 Å². The second-order valence-electron chi connectivity index (χ2n) is 9.86. The highest BCUT2D eigenvalue weighted by Gasteiger charge is 2.42. The summed E-state index contributed by atoms with van der Waals surface area (Å²) in [6.45, 7) is 2.08. The van der Waals surface area contributed by atoms with Crippen LogP contribution in [0.4, 0.5) is 5.82 Å². The Hall–Kier alpha value is -3.03. The molecule has 0 amide bonds. The van der Waals surface area contributed by atoms with Crippen molar-refractivity contribution in [2.75, 3.05) is 5.32 Å². The van der Waals surface area contributed by atoms with Crippen LogP contribution in [0, 0.1) is 5.92 Å². The molecule has 3 heterocycles. The molecule has 7 nitrogen and oxygen atoms in total. The summed E-state index contributed by atoms with van der Waals surface area (Å²) in [5.74, 6) is 0.967. The lowest BCUT2D eigenvalue weighted by molar-refractivity contribution is 0.00545. The average molecular weight is 458 g/mol. The van der Waals surface area contributed by atoms with E-state index in [9.17, 15) is 10.2 Å². The number of rotatable bonds is 7. The lowest BCUT2D eigenvalue weighted by atomic mass is 9.95. The van der Waals surface area contributed by atoms with Crippen molar-refractivity contribution in [2.24, 2.45) is 5.92 Å². The summed E-state index contributed by atoms with van der Waals surface area (Å²) in [6, 6.07) is 13.0. The zero-order valence-corrected chi connectivity index (χ0v) is 19.4. The topological polar surface area (TPSA) is 96.1 Å². The molecule has 0 aliphatic heterocycles. The van der Waals surface area contributed by atoms with Crippen LogP contribution in [-0.2, 0) is 12.8 Å². The van der Waals surface area contributed by atoms with Gasteiger partial charge in [0.25, 0.3) is 0 Å². The first kappa shape index (κ1) is 21.5. The van der Waals surface area contributed by atoms with E-state index in [0.29, 0.717) is 6.04 Å². The minimum Gasteiger partial charge on any atom is -0.390 e. The summed E-state index contributed by atoms with van der Waals surface area (Å²) < 4.78 is 2.03. The van der Waals surface area contributed by atoms with Gasteiger partial charge in [-0.3, -0.25) is 0 Å². The van der Waals surface area contributed by atoms with E-state index in [1.165, 1.54) is 18.4 Å². The van der Waals surface area contributed by atoms with Crippen molar-refractivity contribution >= 4 is 27.8 Å². The first-order valence-electron chi connectivity index (χ1n) is 12.4. The number of pyridine rings is 1. The molecule has 0 bridgehead atoms. The van der Waals surface area contributed by atoms with Gasteiger partial charge >= 0.3 is 0 Å². The summed E-state index contributed by atoms with van der Waals surface area (Å²) in [4.78, 5) is 13.6. The van der Waals surface area contributed by atoms with Crippen LogP contribution in [0.15, 0.2) is 48.9 Å². The van der Waals surface area contributed by atoms with Crippen molar-refractivity contribution < 1.29 is 10.2 Å². The maximum atomic E-state index is 10.9. The molecule has 2 aliphatic rings. The van der Waals surface area contributed by atoms with Crippen molar-refractivity contribution in [1.29, 1.82) is 0 Å². The van der Waals surface area contributed by atoms with Gasteiger partial charge in [0.05, 0.1) is 23.4 Å². The molecule has 4 aromatic rings. The molecule has 34 heavy (non-hydrogen) atoms. The number of nitrogens with zero attached hydrogens (tertiary/aromatic N) is 4. The second kappa shape index (κ2) is 8.64. The molecule has 0 spiro atoms. The van der Waals surface area contributed by atoms with Crippen molar-refractivity contribution in [3.05, 3.63) is 60.2 Å². The van der Waals surface area contributed by atoms with Gasteiger partial charge in [0.1, 0.15) is 23.9 Å². The van der Waals surface area contributed by atoms with Crippen LogP contribution in [0.2, 0.25) is 0 Å². The highest BCUT2D eigenvalue weighted by molar-refractivity contribution is 5.81. The molecule has 7 heteroatoms. The first-order chi connectivity index (χ1) is 16.6. The number of aryl methyl sites for hydroxylation is 2. The van der Waals surface area contributed by atoms with Crippen LogP contribution in [0.1, 0.15) is 49.9 Å². The van der Waals surface area contributed by atoms with E-state index < -0.39 is 12.2 Å². The minimum absolute atomic E-state index is 0.0245. The van der Waals surface area contributed by atoms with E-state index in [0.717, 1.165) is 59.1 Å². The van der Waals surface area contributed by atoms with Gasteiger partial charge in [0.15, 0.2) is 0 Å². The molecule has 3 aromatic heterocycles. The van der Waals surface area contributed by atoms with Crippen molar-refractivity contribution in [1.82, 2.24) is 19.5 Å². The summed E-state index contributed by atoms with van der Waals surface area (Å²) in [5, 5.41) is 27.4. The molecule has 2 fully saturated rings. The summed E-state index contributed by atoms with van der Waals surface area (Å²) in [5.41, 5.74) is 4.05. The number of hydrogen-bond donors (Lipinski definition) is 3. The number of aromatic nitrogens is 4. The van der Waals surface area contributed by atoms with Crippen LogP contribution in [0.3, 0.4) is 0 Å². The predicted molar refractivity (Wildman–Crippen MR) is 133 cm³/mol. The van der Waals surface area contributed by atoms with Gasteiger partial charge in [-0.05, 0) is 74.3 Å². The Kier molecular flexibility index (Phi) is 5.46. The van der Waals surface area contributed by atoms with Crippen LogP contribution in [-0.4, -0.2) is 48.0 Å². The number of benzene rings is 1. The van der Waals surface area contributed by atoms with E-state index in [1.807, 2.05) is 16.8 Å². The lowest BCUT2D eigenvalue weighted by Gasteiger charge is -2.19. The third-order valence-corrected chi connectivity index (χ3v) is 7.54. The fourth-order valence-corrected chi connectivity index (χ4v) is 5.42. The number of hydrogen-bond acceptors (Lipinski definition) is 6. The number of aliphatic hydroxyl groups excluding tert-OH is 2. The first-order valence-corrected chi connectivity index (χ1v) is 12.4. The van der Waals surface area contributed by atoms with E-state index in [4.69, 9.17) is 4.98 Å². The van der Waals surface area contributed by atoms with Crippen molar-refractivity contribution in [3.63, 3.8) is 0 Å². The maximum absolute atomic E-state index is 10.9. The predicted octanol–water partition coefficient (Wildman–Crippen LogP) is 4.03. The van der Waals surface area contributed by atoms with E-state index in [2.05, 4.69) is 52.5 Å². The highest BCUT2D eigenvalue weighted by atomic mass is 16.3. The molecular weight excluding hydrogens is 426 g/mol. The normalized spacial score (nSPS) is 24.8. The summed E-state index contributed by atoms with van der Waals surface area (Å²) >= 11 is 0. The van der Waals surface area contributed by atoms with E-state index in [1.54, 1.807) is 6.33 Å². The van der Waals surface area contributed by atoms with Gasteiger partial charge in [-0.1, -0.05) is 19.1 Å². The zero-order chi connectivity index (χ0) is 23.2. The quantitative estimate of drug-likeness (QED) is 0.388. The third-order valence-electron chi connectivity index (χ3n) is 7.54. The Morgan fingerprint density at radius 1 is 1.06 bits per heavy atom. The average Bonchev–Trinajstić information content (AvgIpc) is 3.50. The van der Waals surface area contributed by atoms with Crippen molar-refractivity contribution in [2.45, 2.75) is 69.7 Å². The fraction of sp³-hybridized carbons (Fsp3) is 0.444. The van der Waals surface area contributed by atoms with Crippen LogP contribution in [0.25, 0.3) is 21.9 Å². The molecule has 0 unspecified atom stereocenters. The Bertz CT molecular complexity index is 1330. The van der Waals surface area contributed by atoms with Gasteiger partial charge in [-0.2, -0.15) is 0 Å². The largest absolute Gasteiger partial charge is 0.390 e. The molecule has 1 aromatic carbocycles. The molecule has 6 rings (SSSR count). The number of fused-ring (bicyclic) bond motifs is 2. The fourth-order valence-electron chi connectivity index (χ4n) is 5.42. The molecule has 0 saturated heterocycles. The van der Waals surface area contributed by atoms with Gasteiger partial charge in [-0.25, -0.2) is 15.0 Å². The SMILES string of the molecule is CCc1ncnc2c1ccn2[C@@H]1C[C@H](CCc2ccc3ccc(NC4CC4)nc3c2)[C@@H](O)[C@H]1O. The standard InChI is InChI=1S/C27H31N5O2/c1-2-21-20-11-12-32(27(20)29-15-28-21)23-14-18(25(33)26(23)34)6-4-16-3-5-17-7-10-24(30-19-8-9-19)31-22(17)13-16/h3,5,7,10-13,15,18-19,23,25-26,33-34H,2,4,6,8-9,14H2,1H3,(H,30,31)/t18-,23+,25+,26-/m0/s1. The molecule has 2 aliphatic carbocycles.